The topological polar surface area (TPSA) is 61.4 Å². The Hall–Kier alpha value is -4.22. The molecule has 2 amide bonds. The monoisotopic (exact) mass is 463 g/mol. The summed E-state index contributed by atoms with van der Waals surface area (Å²) < 4.78 is 0. The van der Waals surface area contributed by atoms with Crippen LogP contribution in [-0.2, 0) is 4.79 Å². The third-order valence-corrected chi connectivity index (χ3v) is 6.00. The first-order valence-electron chi connectivity index (χ1n) is 11.6. The first-order valence-corrected chi connectivity index (χ1v) is 11.6. The Labute approximate surface area is 206 Å². The van der Waals surface area contributed by atoms with Crippen molar-refractivity contribution < 1.29 is 9.59 Å². The molecule has 5 heteroatoms. The van der Waals surface area contributed by atoms with Gasteiger partial charge in [-0.1, -0.05) is 78.9 Å². The summed E-state index contributed by atoms with van der Waals surface area (Å²) in [6.07, 6.45) is 0. The molecule has 4 rings (SSSR count). The van der Waals surface area contributed by atoms with E-state index in [0.29, 0.717) is 5.56 Å². The number of amides is 2. The molecule has 4 aromatic carbocycles. The molecule has 35 heavy (non-hydrogen) atoms. The lowest BCUT2D eigenvalue weighted by atomic mass is 10.0. The lowest BCUT2D eigenvalue weighted by Crippen LogP contribution is -2.32. The minimum Gasteiger partial charge on any atom is -0.324 e. The summed E-state index contributed by atoms with van der Waals surface area (Å²) in [7, 11) is 1.92. The molecule has 1 atom stereocenters. The van der Waals surface area contributed by atoms with Gasteiger partial charge in [-0.05, 0) is 55.4 Å². The van der Waals surface area contributed by atoms with Gasteiger partial charge in [0, 0.05) is 28.5 Å². The largest absolute Gasteiger partial charge is 0.324 e. The maximum absolute atomic E-state index is 12.9. The molecule has 0 aromatic heterocycles. The lowest BCUT2D eigenvalue weighted by molar-refractivity contribution is -0.117. The van der Waals surface area contributed by atoms with E-state index in [4.69, 9.17) is 0 Å². The number of hydrogen-bond acceptors (Lipinski definition) is 3. The van der Waals surface area contributed by atoms with Gasteiger partial charge in [-0.3, -0.25) is 14.5 Å². The predicted molar refractivity (Wildman–Crippen MR) is 142 cm³/mol. The van der Waals surface area contributed by atoms with E-state index >= 15 is 0 Å². The van der Waals surface area contributed by atoms with E-state index in [0.717, 1.165) is 28.1 Å². The first kappa shape index (κ1) is 23.9. The zero-order chi connectivity index (χ0) is 24.6. The molecule has 2 N–H and O–H groups in total. The Kier molecular flexibility index (Phi) is 7.70. The van der Waals surface area contributed by atoms with E-state index in [1.165, 1.54) is 0 Å². The van der Waals surface area contributed by atoms with Gasteiger partial charge in [-0.25, -0.2) is 0 Å². The SMILES string of the molecule is CC(c1cccc(NC(=O)c2ccccc2)c1)N(C)CC(=O)Nc1ccccc1-c1ccccc1. The normalized spacial score (nSPS) is 11.6. The molecule has 0 spiro atoms. The summed E-state index contributed by atoms with van der Waals surface area (Å²) in [4.78, 5) is 27.4. The van der Waals surface area contributed by atoms with E-state index in [2.05, 4.69) is 10.6 Å². The minimum absolute atomic E-state index is 0.0290. The van der Waals surface area contributed by atoms with Crippen molar-refractivity contribution in [1.82, 2.24) is 4.90 Å². The maximum atomic E-state index is 12.9. The van der Waals surface area contributed by atoms with Crippen LogP contribution in [0.15, 0.2) is 109 Å². The van der Waals surface area contributed by atoms with Gasteiger partial charge in [0.2, 0.25) is 5.91 Å². The second-order valence-corrected chi connectivity index (χ2v) is 8.50. The van der Waals surface area contributed by atoms with Gasteiger partial charge < -0.3 is 10.6 Å². The van der Waals surface area contributed by atoms with Gasteiger partial charge in [0.1, 0.15) is 0 Å². The van der Waals surface area contributed by atoms with Crippen LogP contribution in [0, 0.1) is 0 Å². The average molecular weight is 464 g/mol. The molecule has 0 saturated carbocycles. The summed E-state index contributed by atoms with van der Waals surface area (Å²) in [5.74, 6) is -0.239. The van der Waals surface area contributed by atoms with Gasteiger partial charge >= 0.3 is 0 Å². The molecule has 0 saturated heterocycles. The summed E-state index contributed by atoms with van der Waals surface area (Å²) in [6.45, 7) is 2.27. The van der Waals surface area contributed by atoms with Crippen molar-refractivity contribution in [3.63, 3.8) is 0 Å². The van der Waals surface area contributed by atoms with E-state index in [1.54, 1.807) is 12.1 Å². The zero-order valence-corrected chi connectivity index (χ0v) is 19.9. The van der Waals surface area contributed by atoms with Crippen molar-refractivity contribution >= 4 is 23.2 Å². The third kappa shape index (κ3) is 6.22. The van der Waals surface area contributed by atoms with Gasteiger partial charge in [0.15, 0.2) is 0 Å². The third-order valence-electron chi connectivity index (χ3n) is 6.00. The molecule has 4 aromatic rings. The van der Waals surface area contributed by atoms with E-state index in [1.807, 2.05) is 116 Å². The fourth-order valence-corrected chi connectivity index (χ4v) is 3.94. The molecule has 0 fully saturated rings. The second kappa shape index (κ2) is 11.3. The average Bonchev–Trinajstić information content (AvgIpc) is 2.89. The molecule has 1 unspecified atom stereocenters. The standard InChI is InChI=1S/C30H29N3O2/c1-22(25-16-11-17-26(20-25)31-30(35)24-14-7-4-8-15-24)33(2)21-29(34)32-28-19-10-9-18-27(28)23-12-5-3-6-13-23/h3-20,22H,21H2,1-2H3,(H,31,35)(H,32,34). The highest BCUT2D eigenvalue weighted by Crippen LogP contribution is 2.28. The van der Waals surface area contributed by atoms with Gasteiger partial charge in [-0.2, -0.15) is 0 Å². The molecule has 0 aliphatic carbocycles. The highest BCUT2D eigenvalue weighted by atomic mass is 16.2. The quantitative estimate of drug-likeness (QED) is 0.325. The van der Waals surface area contributed by atoms with Crippen LogP contribution in [-0.4, -0.2) is 30.3 Å². The summed E-state index contributed by atoms with van der Waals surface area (Å²) in [5.41, 5.74) is 5.16. The smallest absolute Gasteiger partial charge is 0.255 e. The van der Waals surface area contributed by atoms with Gasteiger partial charge in [0.05, 0.1) is 6.54 Å². The van der Waals surface area contributed by atoms with Crippen molar-refractivity contribution in [3.05, 3.63) is 120 Å². The Bertz CT molecular complexity index is 1290. The van der Waals surface area contributed by atoms with E-state index in [-0.39, 0.29) is 24.4 Å². The zero-order valence-electron chi connectivity index (χ0n) is 19.9. The summed E-state index contributed by atoms with van der Waals surface area (Å²) in [5, 5.41) is 6.02. The molecule has 176 valence electrons. The molecule has 5 nitrogen and oxygen atoms in total. The first-order chi connectivity index (χ1) is 17.0. The number of nitrogens with one attached hydrogen (secondary N) is 2. The van der Waals surface area contributed by atoms with Crippen LogP contribution < -0.4 is 10.6 Å². The van der Waals surface area contributed by atoms with Crippen LogP contribution in [0.4, 0.5) is 11.4 Å². The lowest BCUT2D eigenvalue weighted by Gasteiger charge is -2.25. The Balaban J connectivity index is 1.40. The van der Waals surface area contributed by atoms with Gasteiger partial charge in [-0.15, -0.1) is 0 Å². The molecule has 0 heterocycles. The number of carbonyl (C=O) groups is 2. The van der Waals surface area contributed by atoms with Crippen LogP contribution in [0.25, 0.3) is 11.1 Å². The number of para-hydroxylation sites is 1. The Morgan fingerprint density at radius 3 is 2.17 bits per heavy atom. The maximum Gasteiger partial charge on any atom is 0.255 e. The molecule has 0 radical (unpaired) electrons. The van der Waals surface area contributed by atoms with E-state index in [9.17, 15) is 9.59 Å². The fraction of sp³-hybridized carbons (Fsp3) is 0.133. The molecule has 0 bridgehead atoms. The van der Waals surface area contributed by atoms with Crippen molar-refractivity contribution in [2.75, 3.05) is 24.2 Å². The number of nitrogens with zero attached hydrogens (tertiary/aromatic N) is 1. The van der Waals surface area contributed by atoms with Crippen LogP contribution >= 0.6 is 0 Å². The van der Waals surface area contributed by atoms with Crippen LogP contribution in [0.3, 0.4) is 0 Å². The van der Waals surface area contributed by atoms with Crippen molar-refractivity contribution in [1.29, 1.82) is 0 Å². The van der Waals surface area contributed by atoms with Gasteiger partial charge in [0.25, 0.3) is 5.91 Å². The summed E-state index contributed by atoms with van der Waals surface area (Å²) >= 11 is 0. The molecule has 0 aliphatic rings. The fourth-order valence-electron chi connectivity index (χ4n) is 3.94. The summed E-state index contributed by atoms with van der Waals surface area (Å²) in [6, 6.07) is 34.6. The predicted octanol–water partition coefficient (Wildman–Crippen LogP) is 6.24. The second-order valence-electron chi connectivity index (χ2n) is 8.50. The van der Waals surface area contributed by atoms with Crippen LogP contribution in [0.5, 0.6) is 0 Å². The van der Waals surface area contributed by atoms with Crippen molar-refractivity contribution in [2.24, 2.45) is 0 Å². The Morgan fingerprint density at radius 1 is 0.771 bits per heavy atom. The van der Waals surface area contributed by atoms with Crippen molar-refractivity contribution in [2.45, 2.75) is 13.0 Å². The molecular formula is C30H29N3O2. The Morgan fingerprint density at radius 2 is 1.43 bits per heavy atom. The highest BCUT2D eigenvalue weighted by molar-refractivity contribution is 6.04. The number of benzene rings is 4. The van der Waals surface area contributed by atoms with Crippen LogP contribution in [0.1, 0.15) is 28.9 Å². The van der Waals surface area contributed by atoms with Crippen molar-refractivity contribution in [3.8, 4) is 11.1 Å². The highest BCUT2D eigenvalue weighted by Gasteiger charge is 2.17. The number of anilines is 2. The number of rotatable bonds is 8. The van der Waals surface area contributed by atoms with E-state index < -0.39 is 0 Å². The minimum atomic E-state index is -0.153. The number of likely N-dealkylation sites (N-methyl/N-ethyl adjacent to an activating group) is 1. The molecule has 0 aliphatic heterocycles. The number of hydrogen-bond donors (Lipinski definition) is 2. The number of carbonyl (C=O) groups excluding carboxylic acids is 2. The molecular weight excluding hydrogens is 434 g/mol. The van der Waals surface area contributed by atoms with Crippen LogP contribution in [0.2, 0.25) is 0 Å².